The number of aliphatic hydroxyl groups is 1. The number of primary amides is 1. The van der Waals surface area contributed by atoms with Crippen LogP contribution in [0.1, 0.15) is 31.7 Å². The standard InChI is InChI=1S/C25H36N6O7S/c1-13(32)21(25(37)38)31-24(36)19(11-14-12-28-17-6-4-3-5-15(14)17)30-23(35)18(9-10-39-2)29-22(34)16(26)7-8-20(27)33/h3-6,12-13,16,18-19,21,28,32H,7-11,26H2,1-2H3,(H2,27,33)(H,29,34)(H,30,35)(H,31,36)(H,37,38). The molecule has 0 aliphatic heterocycles. The van der Waals surface area contributed by atoms with Gasteiger partial charge in [-0.25, -0.2) is 4.79 Å². The average molecular weight is 565 g/mol. The first kappa shape index (κ1) is 31.6. The fourth-order valence-corrected chi connectivity index (χ4v) is 4.33. The second-order valence-corrected chi connectivity index (χ2v) is 10.1. The molecule has 0 bridgehead atoms. The summed E-state index contributed by atoms with van der Waals surface area (Å²) in [6, 6.07) is 2.35. The summed E-state index contributed by atoms with van der Waals surface area (Å²) in [4.78, 5) is 64.8. The number of nitrogens with one attached hydrogen (secondary N) is 4. The van der Waals surface area contributed by atoms with E-state index in [1.807, 2.05) is 30.5 Å². The molecule has 5 atom stereocenters. The summed E-state index contributed by atoms with van der Waals surface area (Å²) in [5.74, 6) is -3.71. The van der Waals surface area contributed by atoms with E-state index < -0.39 is 59.9 Å². The zero-order valence-electron chi connectivity index (χ0n) is 21.8. The van der Waals surface area contributed by atoms with Gasteiger partial charge in [-0.1, -0.05) is 18.2 Å². The third-order valence-corrected chi connectivity index (χ3v) is 6.70. The lowest BCUT2D eigenvalue weighted by Crippen LogP contribution is -2.58. The van der Waals surface area contributed by atoms with Crippen LogP contribution in [-0.2, 0) is 30.4 Å². The Morgan fingerprint density at radius 1 is 1.00 bits per heavy atom. The van der Waals surface area contributed by atoms with Crippen molar-refractivity contribution in [2.45, 2.75) is 62.9 Å². The fourth-order valence-electron chi connectivity index (χ4n) is 3.86. The molecular formula is C25H36N6O7S. The first-order valence-corrected chi connectivity index (χ1v) is 13.7. The van der Waals surface area contributed by atoms with E-state index in [1.54, 1.807) is 6.20 Å². The highest BCUT2D eigenvalue weighted by molar-refractivity contribution is 7.98. The van der Waals surface area contributed by atoms with Crippen molar-refractivity contribution >= 4 is 52.3 Å². The van der Waals surface area contributed by atoms with Crippen LogP contribution in [0.2, 0.25) is 0 Å². The number of benzene rings is 1. The Hall–Kier alpha value is -3.62. The molecule has 10 N–H and O–H groups in total. The SMILES string of the molecule is CSCCC(NC(=O)C(N)CCC(N)=O)C(=O)NC(Cc1c[nH]c2ccccc12)C(=O)NC(C(=O)O)C(C)O. The Balaban J connectivity index is 2.28. The highest BCUT2D eigenvalue weighted by Crippen LogP contribution is 2.19. The molecule has 1 aromatic heterocycles. The predicted octanol–water partition coefficient (Wildman–Crippen LogP) is -1.02. The molecule has 0 aliphatic carbocycles. The number of H-pyrrole nitrogens is 1. The van der Waals surface area contributed by atoms with Crippen LogP contribution in [0.15, 0.2) is 30.5 Å². The van der Waals surface area contributed by atoms with Crippen LogP contribution >= 0.6 is 11.8 Å². The molecule has 4 amide bonds. The number of carbonyl (C=O) groups is 5. The second kappa shape index (κ2) is 15.1. The van der Waals surface area contributed by atoms with Gasteiger partial charge in [0.15, 0.2) is 6.04 Å². The van der Waals surface area contributed by atoms with Crippen molar-refractivity contribution in [3.05, 3.63) is 36.0 Å². The van der Waals surface area contributed by atoms with Gasteiger partial charge in [0.2, 0.25) is 23.6 Å². The second-order valence-electron chi connectivity index (χ2n) is 9.14. The van der Waals surface area contributed by atoms with Crippen molar-refractivity contribution in [2.24, 2.45) is 11.5 Å². The maximum atomic E-state index is 13.3. The number of rotatable bonds is 16. The summed E-state index contributed by atoms with van der Waals surface area (Å²) < 4.78 is 0. The zero-order valence-corrected chi connectivity index (χ0v) is 22.6. The maximum Gasteiger partial charge on any atom is 0.328 e. The van der Waals surface area contributed by atoms with Crippen LogP contribution in [0.3, 0.4) is 0 Å². The van der Waals surface area contributed by atoms with Crippen LogP contribution in [0.5, 0.6) is 0 Å². The van der Waals surface area contributed by atoms with E-state index in [2.05, 4.69) is 20.9 Å². The normalized spacial score (nSPS) is 15.0. The maximum absolute atomic E-state index is 13.3. The first-order chi connectivity index (χ1) is 18.4. The molecule has 2 aromatic rings. The Bertz CT molecular complexity index is 1170. The van der Waals surface area contributed by atoms with Gasteiger partial charge >= 0.3 is 5.97 Å². The molecule has 0 saturated carbocycles. The molecular weight excluding hydrogens is 528 g/mol. The van der Waals surface area contributed by atoms with Gasteiger partial charge in [-0.15, -0.1) is 0 Å². The number of aromatic nitrogens is 1. The Labute approximate surface area is 229 Å². The molecule has 5 unspecified atom stereocenters. The predicted molar refractivity (Wildman–Crippen MR) is 147 cm³/mol. The number of carbonyl (C=O) groups excluding carboxylic acids is 4. The molecule has 1 heterocycles. The Morgan fingerprint density at radius 2 is 1.64 bits per heavy atom. The Kier molecular flexibility index (Phi) is 12.2. The number of hydrogen-bond acceptors (Lipinski definition) is 8. The van der Waals surface area contributed by atoms with Crippen molar-refractivity contribution in [3.63, 3.8) is 0 Å². The molecule has 13 nitrogen and oxygen atoms in total. The van der Waals surface area contributed by atoms with Gasteiger partial charge in [0, 0.05) is 29.9 Å². The number of amides is 4. The molecule has 0 spiro atoms. The fraction of sp³-hybridized carbons (Fsp3) is 0.480. The van der Waals surface area contributed by atoms with E-state index in [0.29, 0.717) is 11.3 Å². The van der Waals surface area contributed by atoms with Crippen LogP contribution in [0, 0.1) is 0 Å². The summed E-state index contributed by atoms with van der Waals surface area (Å²) >= 11 is 1.44. The monoisotopic (exact) mass is 564 g/mol. The smallest absolute Gasteiger partial charge is 0.328 e. The highest BCUT2D eigenvalue weighted by Gasteiger charge is 2.32. The lowest BCUT2D eigenvalue weighted by molar-refractivity contribution is -0.145. The van der Waals surface area contributed by atoms with Crippen molar-refractivity contribution in [3.8, 4) is 0 Å². The minimum Gasteiger partial charge on any atom is -0.480 e. The van der Waals surface area contributed by atoms with Crippen LogP contribution in [0.25, 0.3) is 10.9 Å². The average Bonchev–Trinajstić information content (AvgIpc) is 3.29. The molecule has 14 heteroatoms. The molecule has 2 rings (SSSR count). The van der Waals surface area contributed by atoms with E-state index >= 15 is 0 Å². The first-order valence-electron chi connectivity index (χ1n) is 12.3. The largest absolute Gasteiger partial charge is 0.480 e. The quantitative estimate of drug-likeness (QED) is 0.124. The van der Waals surface area contributed by atoms with E-state index in [1.165, 1.54) is 18.7 Å². The third kappa shape index (κ3) is 9.57. The Morgan fingerprint density at radius 3 is 2.26 bits per heavy atom. The number of hydrogen-bond donors (Lipinski definition) is 8. The summed E-state index contributed by atoms with van der Waals surface area (Å²) in [5, 5.41) is 27.5. The number of fused-ring (bicyclic) bond motifs is 1. The molecule has 1 aromatic carbocycles. The minimum atomic E-state index is -1.60. The minimum absolute atomic E-state index is 0.000447. The van der Waals surface area contributed by atoms with E-state index in [4.69, 9.17) is 11.5 Å². The molecule has 39 heavy (non-hydrogen) atoms. The van der Waals surface area contributed by atoms with E-state index in [9.17, 15) is 34.2 Å². The number of aliphatic hydroxyl groups excluding tert-OH is 1. The van der Waals surface area contributed by atoms with Gasteiger partial charge in [-0.3, -0.25) is 19.2 Å². The van der Waals surface area contributed by atoms with Gasteiger partial charge in [-0.2, -0.15) is 11.8 Å². The zero-order chi connectivity index (χ0) is 29.1. The lowest BCUT2D eigenvalue weighted by Gasteiger charge is -2.26. The van der Waals surface area contributed by atoms with Crippen molar-refractivity contribution in [1.29, 1.82) is 0 Å². The van der Waals surface area contributed by atoms with Gasteiger partial charge in [0.25, 0.3) is 0 Å². The van der Waals surface area contributed by atoms with Crippen molar-refractivity contribution in [1.82, 2.24) is 20.9 Å². The molecule has 0 radical (unpaired) electrons. The van der Waals surface area contributed by atoms with E-state index in [-0.39, 0.29) is 25.7 Å². The van der Waals surface area contributed by atoms with Crippen molar-refractivity contribution < 1.29 is 34.2 Å². The van der Waals surface area contributed by atoms with Gasteiger partial charge in [-0.05, 0) is 43.4 Å². The lowest BCUT2D eigenvalue weighted by atomic mass is 10.0. The van der Waals surface area contributed by atoms with Crippen LogP contribution in [0.4, 0.5) is 0 Å². The molecule has 0 saturated heterocycles. The number of carboxylic acid groups (broad SMARTS) is 1. The van der Waals surface area contributed by atoms with Gasteiger partial charge in [0.05, 0.1) is 12.1 Å². The summed E-state index contributed by atoms with van der Waals surface area (Å²) in [7, 11) is 0. The van der Waals surface area contributed by atoms with Crippen LogP contribution in [-0.4, -0.2) is 87.1 Å². The molecule has 214 valence electrons. The summed E-state index contributed by atoms with van der Waals surface area (Å²) in [5.41, 5.74) is 12.5. The number of aliphatic carboxylic acids is 1. The van der Waals surface area contributed by atoms with Crippen molar-refractivity contribution in [2.75, 3.05) is 12.0 Å². The molecule has 0 fully saturated rings. The van der Waals surface area contributed by atoms with Crippen LogP contribution < -0.4 is 27.4 Å². The highest BCUT2D eigenvalue weighted by atomic mass is 32.2. The van der Waals surface area contributed by atoms with Gasteiger partial charge in [0.1, 0.15) is 12.1 Å². The molecule has 0 aliphatic rings. The van der Waals surface area contributed by atoms with Gasteiger partial charge < -0.3 is 42.6 Å². The van der Waals surface area contributed by atoms with E-state index in [0.717, 1.165) is 10.9 Å². The summed E-state index contributed by atoms with van der Waals surface area (Å²) in [6.07, 6.45) is 2.22. The topological polar surface area (TPSA) is 230 Å². The number of para-hydroxylation sites is 1. The number of thioether (sulfide) groups is 1. The number of aromatic amines is 1. The third-order valence-electron chi connectivity index (χ3n) is 6.06. The number of nitrogens with two attached hydrogens (primary N) is 2. The summed E-state index contributed by atoms with van der Waals surface area (Å²) in [6.45, 7) is 1.22. The number of carboxylic acids is 1.